The fourth-order valence-corrected chi connectivity index (χ4v) is 4.42. The Labute approximate surface area is 186 Å². The Balaban J connectivity index is 1.45. The summed E-state index contributed by atoms with van der Waals surface area (Å²) in [5.74, 6) is 1.81. The van der Waals surface area contributed by atoms with Crippen molar-refractivity contribution in [2.45, 2.75) is 32.0 Å². The molecule has 8 heteroatoms. The minimum atomic E-state index is 0.0418. The van der Waals surface area contributed by atoms with Crippen LogP contribution in [0.2, 0.25) is 0 Å². The van der Waals surface area contributed by atoms with Gasteiger partial charge in [0.1, 0.15) is 19.5 Å². The molecule has 4 rings (SSSR count). The number of benzene rings is 2. The molecule has 0 spiro atoms. The molecule has 0 bridgehead atoms. The van der Waals surface area contributed by atoms with Gasteiger partial charge >= 0.3 is 0 Å². The van der Waals surface area contributed by atoms with Crippen molar-refractivity contribution in [3.63, 3.8) is 0 Å². The first-order valence-electron chi connectivity index (χ1n) is 10.5. The van der Waals surface area contributed by atoms with E-state index in [-0.39, 0.29) is 11.7 Å². The number of ether oxygens (including phenoxy) is 2. The highest BCUT2D eigenvalue weighted by Gasteiger charge is 2.20. The number of hydrogen-bond acceptors (Lipinski definition) is 6. The summed E-state index contributed by atoms with van der Waals surface area (Å²) < 4.78 is 13.4. The van der Waals surface area contributed by atoms with Crippen molar-refractivity contribution in [2.24, 2.45) is 0 Å². The van der Waals surface area contributed by atoms with Gasteiger partial charge < -0.3 is 14.4 Å². The summed E-state index contributed by atoms with van der Waals surface area (Å²) >= 11 is 1.40. The van der Waals surface area contributed by atoms with Crippen LogP contribution in [-0.2, 0) is 17.8 Å². The van der Waals surface area contributed by atoms with Gasteiger partial charge in [-0.05, 0) is 31.0 Å². The smallest absolute Gasteiger partial charge is 0.233 e. The number of aryl methyl sites for hydroxylation is 1. The van der Waals surface area contributed by atoms with E-state index in [0.717, 1.165) is 29.2 Å². The first kappa shape index (κ1) is 21.2. The van der Waals surface area contributed by atoms with E-state index in [2.05, 4.69) is 23.2 Å². The summed E-state index contributed by atoms with van der Waals surface area (Å²) in [4.78, 5) is 14.8. The molecule has 0 fully saturated rings. The van der Waals surface area contributed by atoms with Crippen molar-refractivity contribution in [3.05, 3.63) is 59.9 Å². The predicted molar refractivity (Wildman–Crippen MR) is 120 cm³/mol. The van der Waals surface area contributed by atoms with Crippen LogP contribution in [0.4, 0.5) is 0 Å². The number of thioether (sulfide) groups is 1. The average Bonchev–Trinajstić information content (AvgIpc) is 3.29. The van der Waals surface area contributed by atoms with Gasteiger partial charge in [0.2, 0.25) is 5.91 Å². The van der Waals surface area contributed by atoms with E-state index in [9.17, 15) is 4.79 Å². The van der Waals surface area contributed by atoms with E-state index >= 15 is 0 Å². The minimum absolute atomic E-state index is 0.0418. The van der Waals surface area contributed by atoms with Gasteiger partial charge in [-0.25, -0.2) is 0 Å². The third-order valence-corrected chi connectivity index (χ3v) is 6.14. The van der Waals surface area contributed by atoms with Crippen molar-refractivity contribution in [2.75, 3.05) is 25.5 Å². The molecule has 7 nitrogen and oxygen atoms in total. The molecule has 1 aliphatic heterocycles. The Bertz CT molecular complexity index is 1050. The summed E-state index contributed by atoms with van der Waals surface area (Å²) in [6.07, 6.45) is 2.61. The molecule has 0 saturated carbocycles. The second-order valence-corrected chi connectivity index (χ2v) is 8.05. The molecule has 1 amide bonds. The van der Waals surface area contributed by atoms with Crippen LogP contribution in [0.1, 0.15) is 25.0 Å². The number of carbonyl (C=O) groups is 1. The maximum Gasteiger partial charge on any atom is 0.233 e. The Hall–Kier alpha value is -3.00. The second-order valence-electron chi connectivity index (χ2n) is 7.10. The zero-order valence-electron chi connectivity index (χ0n) is 17.8. The Morgan fingerprint density at radius 3 is 2.74 bits per heavy atom. The molecule has 0 unspecified atom stereocenters. The van der Waals surface area contributed by atoms with E-state index in [4.69, 9.17) is 9.47 Å². The highest BCUT2D eigenvalue weighted by atomic mass is 32.2. The molecule has 0 aliphatic carbocycles. The summed E-state index contributed by atoms with van der Waals surface area (Å²) in [6.45, 7) is 6.26. The van der Waals surface area contributed by atoms with Crippen LogP contribution >= 0.6 is 11.8 Å². The van der Waals surface area contributed by atoms with Crippen LogP contribution < -0.4 is 9.47 Å². The average molecular weight is 439 g/mol. The standard InChI is InChI=1S/C23H26N4O3S/c1-3-17-8-5-6-10-19(17)27-16-24-25-23(27)31-15-21(28)26(4-2)14-18-9-7-11-20-22(18)30-13-12-29-20/h5-11,16H,3-4,12-15H2,1-2H3. The normalized spacial score (nSPS) is 12.6. The molecule has 31 heavy (non-hydrogen) atoms. The molecule has 1 aliphatic rings. The maximum absolute atomic E-state index is 13.0. The van der Waals surface area contributed by atoms with Gasteiger partial charge in [0.05, 0.1) is 11.4 Å². The number of fused-ring (bicyclic) bond motifs is 1. The van der Waals surface area contributed by atoms with E-state index in [0.29, 0.717) is 31.5 Å². The molecule has 0 atom stereocenters. The SMILES string of the molecule is CCc1ccccc1-n1cnnc1SCC(=O)N(CC)Cc1cccc2c1OCCO2. The third-order valence-electron chi connectivity index (χ3n) is 5.22. The van der Waals surface area contributed by atoms with Gasteiger partial charge in [-0.1, -0.05) is 49.0 Å². The minimum Gasteiger partial charge on any atom is -0.486 e. The summed E-state index contributed by atoms with van der Waals surface area (Å²) in [6, 6.07) is 14.0. The zero-order chi connectivity index (χ0) is 21.6. The Morgan fingerprint density at radius 2 is 1.90 bits per heavy atom. The molecule has 0 N–H and O–H groups in total. The van der Waals surface area contributed by atoms with E-state index in [1.807, 2.05) is 52.8 Å². The molecule has 0 saturated heterocycles. The third kappa shape index (κ3) is 4.69. The number of amides is 1. The lowest BCUT2D eigenvalue weighted by Gasteiger charge is -2.25. The molecule has 162 valence electrons. The maximum atomic E-state index is 13.0. The van der Waals surface area contributed by atoms with Crippen LogP contribution in [-0.4, -0.2) is 51.1 Å². The number of hydrogen-bond donors (Lipinski definition) is 0. The highest BCUT2D eigenvalue weighted by molar-refractivity contribution is 7.99. The monoisotopic (exact) mass is 438 g/mol. The predicted octanol–water partition coefficient (Wildman–Crippen LogP) is 3.74. The van der Waals surface area contributed by atoms with Crippen molar-refractivity contribution in [1.82, 2.24) is 19.7 Å². The lowest BCUT2D eigenvalue weighted by molar-refractivity contribution is -0.128. The summed E-state index contributed by atoms with van der Waals surface area (Å²) in [5, 5.41) is 9.01. The fourth-order valence-electron chi connectivity index (χ4n) is 3.59. The molecule has 2 heterocycles. The van der Waals surface area contributed by atoms with Crippen molar-refractivity contribution >= 4 is 17.7 Å². The second kappa shape index (κ2) is 9.87. The van der Waals surface area contributed by atoms with Crippen molar-refractivity contribution in [3.8, 4) is 17.2 Å². The quantitative estimate of drug-likeness (QED) is 0.499. The Kier molecular flexibility index (Phi) is 6.76. The molecule has 3 aromatic rings. The lowest BCUT2D eigenvalue weighted by atomic mass is 10.1. The Morgan fingerprint density at radius 1 is 1.10 bits per heavy atom. The fraction of sp³-hybridized carbons (Fsp3) is 0.348. The molecular formula is C23H26N4O3S. The van der Waals surface area contributed by atoms with Gasteiger partial charge in [0, 0.05) is 18.7 Å². The largest absolute Gasteiger partial charge is 0.486 e. The number of para-hydroxylation sites is 2. The van der Waals surface area contributed by atoms with Gasteiger partial charge in [-0.2, -0.15) is 0 Å². The zero-order valence-corrected chi connectivity index (χ0v) is 18.6. The molecule has 1 aromatic heterocycles. The molecule has 0 radical (unpaired) electrons. The van der Waals surface area contributed by atoms with E-state index < -0.39 is 0 Å². The van der Waals surface area contributed by atoms with Crippen LogP contribution in [0.15, 0.2) is 53.9 Å². The van der Waals surface area contributed by atoms with Crippen LogP contribution in [0.25, 0.3) is 5.69 Å². The molecular weight excluding hydrogens is 412 g/mol. The van der Waals surface area contributed by atoms with Gasteiger partial charge in [-0.15, -0.1) is 10.2 Å². The van der Waals surface area contributed by atoms with Crippen LogP contribution in [0.5, 0.6) is 11.5 Å². The van der Waals surface area contributed by atoms with Gasteiger partial charge in [-0.3, -0.25) is 9.36 Å². The molecule has 2 aromatic carbocycles. The topological polar surface area (TPSA) is 69.5 Å². The first-order chi connectivity index (χ1) is 15.2. The number of carbonyl (C=O) groups excluding carboxylic acids is 1. The van der Waals surface area contributed by atoms with Gasteiger partial charge in [0.15, 0.2) is 16.7 Å². The van der Waals surface area contributed by atoms with E-state index in [1.165, 1.54) is 17.3 Å². The number of nitrogens with zero attached hydrogens (tertiary/aromatic N) is 4. The van der Waals surface area contributed by atoms with Crippen molar-refractivity contribution in [1.29, 1.82) is 0 Å². The first-order valence-corrected chi connectivity index (χ1v) is 11.5. The van der Waals surface area contributed by atoms with Crippen molar-refractivity contribution < 1.29 is 14.3 Å². The highest BCUT2D eigenvalue weighted by Crippen LogP contribution is 2.34. The van der Waals surface area contributed by atoms with E-state index in [1.54, 1.807) is 6.33 Å². The van der Waals surface area contributed by atoms with Crippen LogP contribution in [0.3, 0.4) is 0 Å². The summed E-state index contributed by atoms with van der Waals surface area (Å²) in [5.41, 5.74) is 3.21. The number of rotatable bonds is 8. The summed E-state index contributed by atoms with van der Waals surface area (Å²) in [7, 11) is 0. The number of aromatic nitrogens is 3. The van der Waals surface area contributed by atoms with Crippen LogP contribution in [0, 0.1) is 0 Å². The van der Waals surface area contributed by atoms with Gasteiger partial charge in [0.25, 0.3) is 0 Å². The lowest BCUT2D eigenvalue weighted by Crippen LogP contribution is -2.32.